The molecular formula is C13H18N4O. The van der Waals surface area contributed by atoms with Crippen LogP contribution in [0, 0.1) is 6.92 Å². The van der Waals surface area contributed by atoms with Gasteiger partial charge in [0.05, 0.1) is 6.04 Å². The summed E-state index contributed by atoms with van der Waals surface area (Å²) in [5.74, 6) is 1.48. The number of aryl methyl sites for hydroxylation is 1. The highest BCUT2D eigenvalue weighted by atomic mass is 16.5. The van der Waals surface area contributed by atoms with E-state index in [9.17, 15) is 0 Å². The number of rotatable bonds is 4. The minimum Gasteiger partial charge on any atom is -0.424 e. The molecule has 2 N–H and O–H groups in total. The summed E-state index contributed by atoms with van der Waals surface area (Å²) in [7, 11) is 0. The van der Waals surface area contributed by atoms with E-state index in [1.165, 1.54) is 5.56 Å². The van der Waals surface area contributed by atoms with Crippen LogP contribution in [0.2, 0.25) is 0 Å². The van der Waals surface area contributed by atoms with Crippen LogP contribution in [-0.2, 0) is 6.54 Å². The largest absolute Gasteiger partial charge is 0.424 e. The van der Waals surface area contributed by atoms with Gasteiger partial charge in [-0.05, 0) is 32.9 Å². The molecule has 0 fully saturated rings. The van der Waals surface area contributed by atoms with Crippen LogP contribution in [0.5, 0.6) is 11.8 Å². The number of hydrogen-bond donors (Lipinski definition) is 1. The Hall–Kier alpha value is -1.88. The minimum atomic E-state index is -0.159. The van der Waals surface area contributed by atoms with Crippen LogP contribution in [0.1, 0.15) is 31.3 Å². The smallest absolute Gasteiger partial charge is 0.322 e. The highest BCUT2D eigenvalue weighted by Crippen LogP contribution is 2.22. The van der Waals surface area contributed by atoms with Crippen LogP contribution in [-0.4, -0.2) is 14.8 Å². The van der Waals surface area contributed by atoms with E-state index >= 15 is 0 Å². The van der Waals surface area contributed by atoms with Crippen molar-refractivity contribution in [1.29, 1.82) is 0 Å². The zero-order chi connectivity index (χ0) is 13.1. The van der Waals surface area contributed by atoms with Gasteiger partial charge in [-0.25, -0.2) is 0 Å². The molecule has 0 unspecified atom stereocenters. The zero-order valence-corrected chi connectivity index (χ0v) is 10.9. The summed E-state index contributed by atoms with van der Waals surface area (Å²) in [6.07, 6.45) is 0. The maximum Gasteiger partial charge on any atom is 0.322 e. The fourth-order valence-electron chi connectivity index (χ4n) is 1.72. The Morgan fingerprint density at radius 2 is 1.94 bits per heavy atom. The van der Waals surface area contributed by atoms with Crippen molar-refractivity contribution in [1.82, 2.24) is 14.8 Å². The number of ether oxygens (including phenoxy) is 1. The lowest BCUT2D eigenvalue weighted by molar-refractivity contribution is 0.409. The molecule has 18 heavy (non-hydrogen) atoms. The topological polar surface area (TPSA) is 66.0 Å². The third kappa shape index (κ3) is 2.51. The molecule has 0 aliphatic heterocycles. The Morgan fingerprint density at radius 1 is 1.28 bits per heavy atom. The first kappa shape index (κ1) is 12.6. The third-order valence-electron chi connectivity index (χ3n) is 2.70. The number of hydrogen-bond acceptors (Lipinski definition) is 4. The Bertz CT molecular complexity index is 516. The number of benzene rings is 1. The summed E-state index contributed by atoms with van der Waals surface area (Å²) in [5, 5.41) is 8.10. The summed E-state index contributed by atoms with van der Waals surface area (Å²) in [4.78, 5) is 0. The number of aromatic nitrogens is 3. The maximum absolute atomic E-state index is 5.84. The van der Waals surface area contributed by atoms with E-state index in [-0.39, 0.29) is 6.04 Å². The standard InChI is InChI=1S/C13H18N4O/c1-4-17-12(10(3)14)15-16-13(17)18-11-7-5-9(2)6-8-11/h5-8,10H,4,14H2,1-3H3/t10-/m0/s1. The van der Waals surface area contributed by atoms with Gasteiger partial charge in [0, 0.05) is 6.54 Å². The average Bonchev–Trinajstić information content (AvgIpc) is 2.75. The molecule has 0 bridgehead atoms. The van der Waals surface area contributed by atoms with E-state index in [0.717, 1.165) is 18.1 Å². The summed E-state index contributed by atoms with van der Waals surface area (Å²) in [6, 6.07) is 8.13. The molecule has 0 aliphatic carbocycles. The Balaban J connectivity index is 2.26. The first-order chi connectivity index (χ1) is 8.61. The van der Waals surface area contributed by atoms with E-state index in [2.05, 4.69) is 10.2 Å². The highest BCUT2D eigenvalue weighted by Gasteiger charge is 2.15. The molecule has 1 aromatic carbocycles. The maximum atomic E-state index is 5.84. The second kappa shape index (κ2) is 5.18. The fourth-order valence-corrected chi connectivity index (χ4v) is 1.72. The van der Waals surface area contributed by atoms with Gasteiger partial charge in [0.2, 0.25) is 0 Å². The van der Waals surface area contributed by atoms with Gasteiger partial charge < -0.3 is 10.5 Å². The van der Waals surface area contributed by atoms with E-state index in [0.29, 0.717) is 6.01 Å². The fraction of sp³-hybridized carbons (Fsp3) is 0.385. The molecule has 0 saturated carbocycles. The molecule has 5 nitrogen and oxygen atoms in total. The summed E-state index contributed by atoms with van der Waals surface area (Å²) in [5.41, 5.74) is 7.03. The van der Waals surface area contributed by atoms with Crippen molar-refractivity contribution in [3.63, 3.8) is 0 Å². The normalized spacial score (nSPS) is 12.4. The van der Waals surface area contributed by atoms with Gasteiger partial charge in [0.25, 0.3) is 0 Å². The van der Waals surface area contributed by atoms with Crippen LogP contribution in [0.3, 0.4) is 0 Å². The second-order valence-corrected chi connectivity index (χ2v) is 4.29. The molecule has 0 aliphatic rings. The van der Waals surface area contributed by atoms with E-state index in [1.807, 2.05) is 49.6 Å². The predicted molar refractivity (Wildman–Crippen MR) is 69.6 cm³/mol. The predicted octanol–water partition coefficient (Wildman–Crippen LogP) is 2.42. The van der Waals surface area contributed by atoms with Gasteiger partial charge in [-0.2, -0.15) is 0 Å². The highest BCUT2D eigenvalue weighted by molar-refractivity contribution is 5.28. The Labute approximate surface area is 107 Å². The van der Waals surface area contributed by atoms with Crippen LogP contribution in [0.4, 0.5) is 0 Å². The van der Waals surface area contributed by atoms with Crippen LogP contribution in [0.15, 0.2) is 24.3 Å². The van der Waals surface area contributed by atoms with Crippen molar-refractivity contribution < 1.29 is 4.74 Å². The quantitative estimate of drug-likeness (QED) is 0.899. The molecule has 0 amide bonds. The van der Waals surface area contributed by atoms with E-state index < -0.39 is 0 Å². The molecule has 5 heteroatoms. The van der Waals surface area contributed by atoms with E-state index in [1.54, 1.807) is 0 Å². The van der Waals surface area contributed by atoms with Crippen molar-refractivity contribution in [2.75, 3.05) is 0 Å². The van der Waals surface area contributed by atoms with Gasteiger partial charge >= 0.3 is 6.01 Å². The van der Waals surface area contributed by atoms with Crippen molar-refractivity contribution in [2.24, 2.45) is 5.73 Å². The summed E-state index contributed by atoms with van der Waals surface area (Å²) >= 11 is 0. The molecule has 2 aromatic rings. The van der Waals surface area contributed by atoms with Crippen molar-refractivity contribution in [2.45, 2.75) is 33.4 Å². The van der Waals surface area contributed by atoms with Crippen LogP contribution < -0.4 is 10.5 Å². The Kier molecular flexibility index (Phi) is 3.62. The second-order valence-electron chi connectivity index (χ2n) is 4.29. The van der Waals surface area contributed by atoms with Gasteiger partial charge in [-0.1, -0.05) is 22.8 Å². The van der Waals surface area contributed by atoms with Gasteiger partial charge in [-0.15, -0.1) is 5.10 Å². The lowest BCUT2D eigenvalue weighted by atomic mass is 10.2. The third-order valence-corrected chi connectivity index (χ3v) is 2.70. The summed E-state index contributed by atoms with van der Waals surface area (Å²) < 4.78 is 7.60. The van der Waals surface area contributed by atoms with Crippen molar-refractivity contribution >= 4 is 0 Å². The first-order valence-electron chi connectivity index (χ1n) is 6.05. The molecule has 0 radical (unpaired) electrons. The van der Waals surface area contributed by atoms with Crippen LogP contribution >= 0.6 is 0 Å². The molecular weight excluding hydrogens is 228 g/mol. The first-order valence-corrected chi connectivity index (χ1v) is 6.05. The molecule has 0 saturated heterocycles. The minimum absolute atomic E-state index is 0.159. The molecule has 96 valence electrons. The monoisotopic (exact) mass is 246 g/mol. The zero-order valence-electron chi connectivity index (χ0n) is 10.9. The van der Waals surface area contributed by atoms with E-state index in [4.69, 9.17) is 10.5 Å². The Morgan fingerprint density at radius 3 is 2.50 bits per heavy atom. The lowest BCUT2D eigenvalue weighted by Gasteiger charge is -2.10. The number of nitrogens with two attached hydrogens (primary N) is 1. The lowest BCUT2D eigenvalue weighted by Crippen LogP contribution is -2.13. The average molecular weight is 246 g/mol. The molecule has 1 aromatic heterocycles. The molecule has 1 atom stereocenters. The summed E-state index contributed by atoms with van der Waals surface area (Å²) in [6.45, 7) is 6.65. The van der Waals surface area contributed by atoms with Crippen molar-refractivity contribution in [3.05, 3.63) is 35.7 Å². The SMILES string of the molecule is CCn1c(Oc2ccc(C)cc2)nnc1[C@H](C)N. The van der Waals surface area contributed by atoms with Gasteiger partial charge in [0.1, 0.15) is 5.75 Å². The number of nitrogens with zero attached hydrogens (tertiary/aromatic N) is 3. The van der Waals surface area contributed by atoms with Crippen molar-refractivity contribution in [3.8, 4) is 11.8 Å². The molecule has 2 rings (SSSR count). The molecule has 1 heterocycles. The van der Waals surface area contributed by atoms with Gasteiger partial charge in [0.15, 0.2) is 5.82 Å². The molecule has 0 spiro atoms. The van der Waals surface area contributed by atoms with Crippen LogP contribution in [0.25, 0.3) is 0 Å². The van der Waals surface area contributed by atoms with Gasteiger partial charge in [-0.3, -0.25) is 4.57 Å².